The van der Waals surface area contributed by atoms with Gasteiger partial charge in [-0.3, -0.25) is 9.88 Å². The third kappa shape index (κ3) is 6.72. The van der Waals surface area contributed by atoms with Crippen LogP contribution in [0.2, 0.25) is 0 Å². The number of rotatable bonds is 5. The number of carbonyl (C=O) groups excluding carboxylic acids is 1. The minimum absolute atomic E-state index is 0.339. The number of alkyl halides is 3. The van der Waals surface area contributed by atoms with Crippen molar-refractivity contribution in [1.82, 2.24) is 19.9 Å². The molecule has 15 heteroatoms. The zero-order valence-electron chi connectivity index (χ0n) is 20.8. The highest BCUT2D eigenvalue weighted by atomic mass is 19.4. The fourth-order valence-electron chi connectivity index (χ4n) is 4.13. The molecule has 5 heterocycles. The van der Waals surface area contributed by atoms with Gasteiger partial charge in [0, 0.05) is 42.7 Å². The summed E-state index contributed by atoms with van der Waals surface area (Å²) in [5.74, 6) is -0.932. The largest absolute Gasteiger partial charge is 0.478 e. The van der Waals surface area contributed by atoms with Crippen LogP contribution < -0.4 is 9.80 Å². The Balaban J connectivity index is 0.000000386. The molecule has 3 aliphatic heterocycles. The molecule has 0 unspecified atom stereocenters. The number of carboxylic acid groups (broad SMARTS) is 2. The maximum Gasteiger partial charge on any atom is 0.433 e. The number of hydrogen-bond acceptors (Lipinski definition) is 9. The first-order chi connectivity index (χ1) is 18.4. The van der Waals surface area contributed by atoms with Crippen molar-refractivity contribution in [2.24, 2.45) is 0 Å². The molecular weight excluding hydrogens is 525 g/mol. The van der Waals surface area contributed by atoms with E-state index in [1.54, 1.807) is 9.80 Å². The van der Waals surface area contributed by atoms with E-state index >= 15 is 0 Å². The van der Waals surface area contributed by atoms with Crippen molar-refractivity contribution in [3.63, 3.8) is 0 Å². The number of anilines is 2. The monoisotopic (exact) mass is 550 g/mol. The number of aryl methyl sites for hydroxylation is 1. The van der Waals surface area contributed by atoms with Crippen molar-refractivity contribution < 1.29 is 42.5 Å². The number of aliphatic carboxylic acids is 2. The van der Waals surface area contributed by atoms with E-state index in [1.807, 2.05) is 6.92 Å². The molecule has 5 rings (SSSR count). The Bertz CT molecular complexity index is 1280. The van der Waals surface area contributed by atoms with E-state index in [9.17, 15) is 27.6 Å². The second kappa shape index (κ2) is 11.1. The maximum atomic E-state index is 12.8. The Morgan fingerprint density at radius 2 is 1.72 bits per heavy atom. The molecule has 0 aliphatic carbocycles. The first-order valence-corrected chi connectivity index (χ1v) is 11.9. The molecule has 0 spiro atoms. The summed E-state index contributed by atoms with van der Waals surface area (Å²) in [7, 11) is 0. The van der Waals surface area contributed by atoms with Gasteiger partial charge in [0.15, 0.2) is 0 Å². The minimum atomic E-state index is -4.49. The molecule has 0 aromatic carbocycles. The van der Waals surface area contributed by atoms with Gasteiger partial charge in [0.25, 0.3) is 0 Å². The van der Waals surface area contributed by atoms with Crippen LogP contribution in [0.4, 0.5) is 29.5 Å². The van der Waals surface area contributed by atoms with Gasteiger partial charge in [-0.1, -0.05) is 0 Å². The molecule has 0 atom stereocenters. The number of nitrogens with zero attached hydrogens (tertiary/aromatic N) is 6. The zero-order valence-corrected chi connectivity index (χ0v) is 20.8. The first kappa shape index (κ1) is 27.6. The van der Waals surface area contributed by atoms with Gasteiger partial charge in [0.1, 0.15) is 23.4 Å². The van der Waals surface area contributed by atoms with Gasteiger partial charge in [-0.15, -0.1) is 0 Å². The molecule has 2 fully saturated rings. The Morgan fingerprint density at radius 1 is 1.05 bits per heavy atom. The van der Waals surface area contributed by atoms with Crippen molar-refractivity contribution in [1.29, 1.82) is 0 Å². The van der Waals surface area contributed by atoms with Crippen LogP contribution in [0.5, 0.6) is 0 Å². The Labute approximate surface area is 220 Å². The lowest BCUT2D eigenvalue weighted by molar-refractivity contribution is -0.141. The molecule has 1 amide bonds. The number of aromatic nitrogens is 3. The summed E-state index contributed by atoms with van der Waals surface area (Å²) in [6.45, 7) is 5.20. The van der Waals surface area contributed by atoms with Crippen molar-refractivity contribution >= 4 is 29.5 Å². The molecule has 0 bridgehead atoms. The quantitative estimate of drug-likeness (QED) is 0.529. The highest BCUT2D eigenvalue weighted by Crippen LogP contribution is 2.33. The number of ether oxygens (including phenoxy) is 1. The number of pyridine rings is 1. The van der Waals surface area contributed by atoms with Crippen molar-refractivity contribution in [3.8, 4) is 0 Å². The third-order valence-corrected chi connectivity index (χ3v) is 6.17. The highest BCUT2D eigenvalue weighted by molar-refractivity contribution is 5.89. The van der Waals surface area contributed by atoms with E-state index in [1.165, 1.54) is 6.07 Å². The Morgan fingerprint density at radius 3 is 2.28 bits per heavy atom. The van der Waals surface area contributed by atoms with Crippen molar-refractivity contribution in [3.05, 3.63) is 53.3 Å². The predicted molar refractivity (Wildman–Crippen MR) is 129 cm³/mol. The SMILES string of the molecule is Cc1nc2c(c(N3CCC3)n1)CN(C(=O)OC1CN(c3ccnc(C(F)(F)F)c3)C1)C2.O=C(O)/C=C\C(=O)O. The summed E-state index contributed by atoms with van der Waals surface area (Å²) < 4.78 is 44.1. The molecule has 3 aliphatic rings. The predicted octanol–water partition coefficient (Wildman–Crippen LogP) is 2.46. The molecule has 2 N–H and O–H groups in total. The number of halogens is 3. The van der Waals surface area contributed by atoms with Crippen LogP contribution in [0.25, 0.3) is 0 Å². The minimum Gasteiger partial charge on any atom is -0.478 e. The topological polar surface area (TPSA) is 149 Å². The van der Waals surface area contributed by atoms with Crippen LogP contribution in [0.15, 0.2) is 30.5 Å². The second-order valence-electron chi connectivity index (χ2n) is 9.03. The van der Waals surface area contributed by atoms with Gasteiger partial charge in [0.05, 0.1) is 31.9 Å². The lowest BCUT2D eigenvalue weighted by Crippen LogP contribution is -2.54. The summed E-state index contributed by atoms with van der Waals surface area (Å²) in [4.78, 5) is 49.7. The van der Waals surface area contributed by atoms with Gasteiger partial charge in [-0.05, 0) is 25.5 Å². The second-order valence-corrected chi connectivity index (χ2v) is 9.03. The number of amides is 1. The van der Waals surface area contributed by atoms with E-state index in [2.05, 4.69) is 19.9 Å². The van der Waals surface area contributed by atoms with Crippen molar-refractivity contribution in [2.75, 3.05) is 36.0 Å². The van der Waals surface area contributed by atoms with Gasteiger partial charge in [0.2, 0.25) is 0 Å². The number of carbonyl (C=O) groups is 3. The van der Waals surface area contributed by atoms with Gasteiger partial charge >= 0.3 is 24.2 Å². The summed E-state index contributed by atoms with van der Waals surface area (Å²) in [5.41, 5.74) is 1.29. The van der Waals surface area contributed by atoms with E-state index in [-0.39, 0.29) is 6.10 Å². The summed E-state index contributed by atoms with van der Waals surface area (Å²) in [6, 6.07) is 2.52. The molecule has 208 valence electrons. The van der Waals surface area contributed by atoms with Gasteiger partial charge in [-0.2, -0.15) is 13.2 Å². The molecule has 0 radical (unpaired) electrons. The van der Waals surface area contributed by atoms with E-state index in [0.717, 1.165) is 48.8 Å². The van der Waals surface area contributed by atoms with Crippen molar-refractivity contribution in [2.45, 2.75) is 38.7 Å². The number of fused-ring (bicyclic) bond motifs is 1. The zero-order chi connectivity index (χ0) is 28.3. The van der Waals surface area contributed by atoms with Crippen LogP contribution in [-0.2, 0) is 33.6 Å². The van der Waals surface area contributed by atoms with E-state index in [0.29, 0.717) is 49.8 Å². The Kier molecular flexibility index (Phi) is 7.88. The molecule has 2 saturated heterocycles. The lowest BCUT2D eigenvalue weighted by atomic mass is 10.1. The molecule has 12 nitrogen and oxygen atoms in total. The van der Waals surface area contributed by atoms with Crippen LogP contribution in [0.1, 0.15) is 29.2 Å². The molecular formula is C24H25F3N6O6. The van der Waals surface area contributed by atoms with Crippen LogP contribution >= 0.6 is 0 Å². The Hall–Kier alpha value is -4.43. The van der Waals surface area contributed by atoms with E-state index in [4.69, 9.17) is 14.9 Å². The molecule has 0 saturated carbocycles. The standard InChI is InChI=1S/C20H21F3N6O2.C4H4O4/c1-12-25-16-11-29(10-15(16)18(26-12)27-5-2-6-27)19(30)31-14-8-28(9-14)13-3-4-24-17(7-13)20(21,22)23;5-3(6)1-2-4(7)8/h3-4,7,14H,2,5-6,8-11H2,1H3;1-2H,(H,5,6)(H,7,8)/b;2-1-. The molecule has 2 aromatic rings. The van der Waals surface area contributed by atoms with Crippen LogP contribution in [0.3, 0.4) is 0 Å². The first-order valence-electron chi connectivity index (χ1n) is 11.9. The summed E-state index contributed by atoms with van der Waals surface area (Å²) in [5, 5.41) is 15.6. The van der Waals surface area contributed by atoms with E-state index < -0.39 is 29.9 Å². The average Bonchev–Trinajstić information content (AvgIpc) is 3.23. The smallest absolute Gasteiger partial charge is 0.433 e. The maximum absolute atomic E-state index is 12.8. The molecule has 2 aromatic heterocycles. The fraction of sp³-hybridized carbons (Fsp3) is 0.417. The third-order valence-electron chi connectivity index (χ3n) is 6.17. The number of carboxylic acids is 2. The normalized spacial score (nSPS) is 16.7. The van der Waals surface area contributed by atoms with Crippen LogP contribution in [0, 0.1) is 6.92 Å². The summed E-state index contributed by atoms with van der Waals surface area (Å²) >= 11 is 0. The average molecular weight is 550 g/mol. The summed E-state index contributed by atoms with van der Waals surface area (Å²) in [6.07, 6.45) is -1.93. The van der Waals surface area contributed by atoms with Crippen LogP contribution in [-0.4, -0.2) is 80.4 Å². The lowest BCUT2D eigenvalue weighted by Gasteiger charge is -2.40. The fourth-order valence-corrected chi connectivity index (χ4v) is 4.13. The number of hydrogen-bond donors (Lipinski definition) is 2. The molecule has 39 heavy (non-hydrogen) atoms. The van der Waals surface area contributed by atoms with Gasteiger partial charge < -0.3 is 24.7 Å². The highest BCUT2D eigenvalue weighted by Gasteiger charge is 2.37. The van der Waals surface area contributed by atoms with Gasteiger partial charge in [-0.25, -0.2) is 24.4 Å².